The topological polar surface area (TPSA) is 56.1 Å². The molecule has 0 radical (unpaired) electrons. The van der Waals surface area contributed by atoms with Crippen LogP contribution in [0.5, 0.6) is 5.88 Å². The van der Waals surface area contributed by atoms with Crippen molar-refractivity contribution >= 4 is 11.7 Å². The Bertz CT molecular complexity index is 338. The molecule has 1 N–H and O–H groups in total. The van der Waals surface area contributed by atoms with Crippen molar-refractivity contribution < 1.29 is 18.3 Å². The fourth-order valence-electron chi connectivity index (χ4n) is 0.883. The Morgan fingerprint density at radius 1 is 1.71 bits per heavy atom. The summed E-state index contributed by atoms with van der Waals surface area (Å²) in [6.07, 6.45) is -3.05. The highest BCUT2D eigenvalue weighted by Gasteiger charge is 2.17. The Labute approximate surface area is 78.7 Å². The molecule has 7 heteroatoms. The smallest absolute Gasteiger partial charge is 0.315 e. The highest BCUT2D eigenvalue weighted by atomic mass is 19.3. The predicted molar refractivity (Wildman–Crippen MR) is 44.4 cm³/mol. The molecular formula is C7H9F2N3O2. The lowest BCUT2D eigenvalue weighted by Gasteiger charge is -1.98. The van der Waals surface area contributed by atoms with E-state index in [1.54, 1.807) is 7.05 Å². The van der Waals surface area contributed by atoms with Crippen LogP contribution < -0.4 is 10.1 Å². The summed E-state index contributed by atoms with van der Waals surface area (Å²) < 4.78 is 29.8. The Morgan fingerprint density at radius 3 is 2.79 bits per heavy atom. The third kappa shape index (κ3) is 2.18. The maximum Gasteiger partial charge on any atom is 0.315 e. The van der Waals surface area contributed by atoms with Crippen LogP contribution in [0.25, 0.3) is 0 Å². The third-order valence-electron chi connectivity index (χ3n) is 1.50. The molecule has 0 saturated carbocycles. The Hall–Kier alpha value is -1.66. The van der Waals surface area contributed by atoms with Crippen molar-refractivity contribution in [2.45, 2.75) is 6.43 Å². The van der Waals surface area contributed by atoms with Crippen molar-refractivity contribution in [2.24, 2.45) is 7.05 Å². The largest absolute Gasteiger partial charge is 0.481 e. The molecule has 14 heavy (non-hydrogen) atoms. The molecule has 1 aromatic heterocycles. The molecule has 0 aliphatic rings. The molecular weight excluding hydrogens is 196 g/mol. The van der Waals surface area contributed by atoms with Crippen LogP contribution in [-0.4, -0.2) is 29.2 Å². The summed E-state index contributed by atoms with van der Waals surface area (Å²) in [5.41, 5.74) is 0. The van der Waals surface area contributed by atoms with Gasteiger partial charge in [0, 0.05) is 13.1 Å². The number of halogens is 2. The van der Waals surface area contributed by atoms with Crippen LogP contribution in [-0.2, 0) is 11.8 Å². The van der Waals surface area contributed by atoms with E-state index < -0.39 is 12.3 Å². The molecule has 0 spiro atoms. The first-order chi connectivity index (χ1) is 6.54. The molecule has 1 amide bonds. The van der Waals surface area contributed by atoms with Crippen LogP contribution in [0.4, 0.5) is 14.6 Å². The van der Waals surface area contributed by atoms with Gasteiger partial charge in [-0.3, -0.25) is 4.79 Å². The standard InChI is InChI=1S/C7H9F2N3O2/c1-12-5(14-2)3-4(11-12)10-7(13)6(8)9/h3,6H,1-2H3,(H,10,11,13). The van der Waals surface area contributed by atoms with Gasteiger partial charge in [0.2, 0.25) is 5.88 Å². The number of alkyl halides is 2. The number of hydrogen-bond donors (Lipinski definition) is 1. The molecule has 1 aromatic rings. The van der Waals surface area contributed by atoms with Gasteiger partial charge in [-0.2, -0.15) is 13.9 Å². The number of carbonyl (C=O) groups is 1. The molecule has 78 valence electrons. The van der Waals surface area contributed by atoms with E-state index in [1.807, 2.05) is 5.32 Å². The summed E-state index contributed by atoms with van der Waals surface area (Å²) in [5, 5.41) is 5.67. The molecule has 0 bridgehead atoms. The molecule has 1 rings (SSSR count). The zero-order valence-electron chi connectivity index (χ0n) is 7.62. The fraction of sp³-hybridized carbons (Fsp3) is 0.429. The number of nitrogens with zero attached hydrogens (tertiary/aromatic N) is 2. The van der Waals surface area contributed by atoms with E-state index in [-0.39, 0.29) is 5.82 Å². The zero-order valence-corrected chi connectivity index (χ0v) is 7.62. The monoisotopic (exact) mass is 205 g/mol. The van der Waals surface area contributed by atoms with Gasteiger partial charge in [-0.05, 0) is 0 Å². The number of carbonyl (C=O) groups excluding carboxylic acids is 1. The molecule has 1 heterocycles. The van der Waals surface area contributed by atoms with Gasteiger partial charge in [0.15, 0.2) is 5.82 Å². The van der Waals surface area contributed by atoms with Crippen molar-refractivity contribution in [3.8, 4) is 5.88 Å². The average molecular weight is 205 g/mol. The second-order valence-corrected chi connectivity index (χ2v) is 2.49. The molecule has 0 unspecified atom stereocenters. The van der Waals surface area contributed by atoms with E-state index in [0.717, 1.165) is 0 Å². The van der Waals surface area contributed by atoms with Crippen molar-refractivity contribution in [3.05, 3.63) is 6.07 Å². The highest BCUT2D eigenvalue weighted by molar-refractivity contribution is 5.92. The number of amides is 1. The highest BCUT2D eigenvalue weighted by Crippen LogP contribution is 2.15. The van der Waals surface area contributed by atoms with Crippen molar-refractivity contribution in [3.63, 3.8) is 0 Å². The van der Waals surface area contributed by atoms with Gasteiger partial charge in [-0.15, -0.1) is 0 Å². The van der Waals surface area contributed by atoms with Gasteiger partial charge in [-0.25, -0.2) is 4.68 Å². The number of hydrogen-bond acceptors (Lipinski definition) is 3. The molecule has 0 saturated heterocycles. The lowest BCUT2D eigenvalue weighted by Crippen LogP contribution is -2.20. The van der Waals surface area contributed by atoms with Crippen LogP contribution in [0.1, 0.15) is 0 Å². The summed E-state index contributed by atoms with van der Waals surface area (Å²) in [6.45, 7) is 0. The number of nitrogens with one attached hydrogen (secondary N) is 1. The van der Waals surface area contributed by atoms with E-state index in [1.165, 1.54) is 17.9 Å². The Balaban J connectivity index is 2.73. The number of aryl methyl sites for hydroxylation is 1. The van der Waals surface area contributed by atoms with Gasteiger partial charge in [-0.1, -0.05) is 0 Å². The van der Waals surface area contributed by atoms with Crippen LogP contribution in [0.2, 0.25) is 0 Å². The van der Waals surface area contributed by atoms with Gasteiger partial charge >= 0.3 is 6.43 Å². The summed E-state index contributed by atoms with van der Waals surface area (Å²) in [4.78, 5) is 10.6. The average Bonchev–Trinajstić information content (AvgIpc) is 2.45. The SMILES string of the molecule is COc1cc(NC(=O)C(F)F)nn1C. The number of methoxy groups -OCH3 is 1. The van der Waals surface area contributed by atoms with Crippen LogP contribution in [0, 0.1) is 0 Å². The normalized spacial score (nSPS) is 10.4. The lowest BCUT2D eigenvalue weighted by molar-refractivity contribution is -0.126. The predicted octanol–water partition coefficient (Wildman–Crippen LogP) is 0.632. The van der Waals surface area contributed by atoms with Gasteiger partial charge in [0.1, 0.15) is 0 Å². The minimum Gasteiger partial charge on any atom is -0.481 e. The summed E-state index contributed by atoms with van der Waals surface area (Å²) in [6, 6.07) is 1.35. The quantitative estimate of drug-likeness (QED) is 0.787. The first-order valence-electron chi connectivity index (χ1n) is 3.71. The fourth-order valence-corrected chi connectivity index (χ4v) is 0.883. The number of aromatic nitrogens is 2. The van der Waals surface area contributed by atoms with Crippen LogP contribution in [0.3, 0.4) is 0 Å². The van der Waals surface area contributed by atoms with Gasteiger partial charge < -0.3 is 10.1 Å². The minimum atomic E-state index is -3.05. The van der Waals surface area contributed by atoms with E-state index in [4.69, 9.17) is 4.74 Å². The first-order valence-corrected chi connectivity index (χ1v) is 3.71. The number of anilines is 1. The number of rotatable bonds is 3. The third-order valence-corrected chi connectivity index (χ3v) is 1.50. The Kier molecular flexibility index (Phi) is 3.00. The first kappa shape index (κ1) is 10.4. The van der Waals surface area contributed by atoms with Crippen molar-refractivity contribution in [2.75, 3.05) is 12.4 Å². The summed E-state index contributed by atoms with van der Waals surface area (Å²) >= 11 is 0. The minimum absolute atomic E-state index is 0.0367. The summed E-state index contributed by atoms with van der Waals surface area (Å²) in [5.74, 6) is -0.977. The van der Waals surface area contributed by atoms with E-state index in [9.17, 15) is 13.6 Å². The van der Waals surface area contributed by atoms with E-state index in [0.29, 0.717) is 5.88 Å². The number of ether oxygens (including phenoxy) is 1. The lowest BCUT2D eigenvalue weighted by atomic mass is 10.5. The van der Waals surface area contributed by atoms with Gasteiger partial charge in [0.05, 0.1) is 7.11 Å². The molecule has 0 aromatic carbocycles. The molecule has 0 atom stereocenters. The molecule has 0 aliphatic heterocycles. The Morgan fingerprint density at radius 2 is 2.36 bits per heavy atom. The van der Waals surface area contributed by atoms with Gasteiger partial charge in [0.25, 0.3) is 5.91 Å². The molecule has 0 aliphatic carbocycles. The van der Waals surface area contributed by atoms with E-state index in [2.05, 4.69) is 5.10 Å². The van der Waals surface area contributed by atoms with E-state index >= 15 is 0 Å². The second kappa shape index (κ2) is 4.03. The van der Waals surface area contributed by atoms with Crippen molar-refractivity contribution in [1.29, 1.82) is 0 Å². The van der Waals surface area contributed by atoms with Crippen LogP contribution in [0.15, 0.2) is 6.07 Å². The summed E-state index contributed by atoms with van der Waals surface area (Å²) in [7, 11) is 2.98. The molecule has 0 fully saturated rings. The van der Waals surface area contributed by atoms with Crippen LogP contribution >= 0.6 is 0 Å². The maximum atomic E-state index is 11.8. The molecule has 5 nitrogen and oxygen atoms in total. The zero-order chi connectivity index (χ0) is 10.7. The second-order valence-electron chi connectivity index (χ2n) is 2.49. The maximum absolute atomic E-state index is 11.8. The van der Waals surface area contributed by atoms with Crippen molar-refractivity contribution in [1.82, 2.24) is 9.78 Å².